The van der Waals surface area contributed by atoms with E-state index < -0.39 is 22.0 Å². The number of hydrogen-bond donors (Lipinski definition) is 1. The van der Waals surface area contributed by atoms with Gasteiger partial charge in [0.15, 0.2) is 0 Å². The van der Waals surface area contributed by atoms with Gasteiger partial charge in [-0.15, -0.1) is 11.6 Å². The van der Waals surface area contributed by atoms with Crippen LogP contribution in [0.5, 0.6) is 0 Å². The van der Waals surface area contributed by atoms with Gasteiger partial charge >= 0.3 is 0 Å². The molecule has 0 bridgehead atoms. The van der Waals surface area contributed by atoms with Crippen molar-refractivity contribution in [2.24, 2.45) is 5.73 Å². The molecular formula is C14H19ClN2O3S. The standard InChI is InChI=1S/C14H19ClN2O3S/c15-7-3-4-8-21(19,20)17-10-12-6-2-1-5-11(12)9-13(17)14(16)18/h1-2,5-6,13H,3-4,7-10H2,(H2,16,18)/t13-/m0/s1. The third-order valence-electron chi connectivity index (χ3n) is 3.68. The smallest absolute Gasteiger partial charge is 0.236 e. The van der Waals surface area contributed by atoms with Crippen LogP contribution in [0.1, 0.15) is 24.0 Å². The fraction of sp³-hybridized carbons (Fsp3) is 0.500. The molecule has 2 rings (SSSR count). The summed E-state index contributed by atoms with van der Waals surface area (Å²) in [7, 11) is -3.52. The Morgan fingerprint density at radius 2 is 1.95 bits per heavy atom. The van der Waals surface area contributed by atoms with Gasteiger partial charge in [-0.3, -0.25) is 4.79 Å². The molecule has 0 aromatic heterocycles. The Morgan fingerprint density at radius 1 is 1.29 bits per heavy atom. The highest BCUT2D eigenvalue weighted by molar-refractivity contribution is 7.89. The molecule has 1 aliphatic heterocycles. The molecule has 1 aromatic carbocycles. The third kappa shape index (κ3) is 3.75. The molecule has 0 aliphatic carbocycles. The second-order valence-electron chi connectivity index (χ2n) is 5.15. The average molecular weight is 331 g/mol. The summed E-state index contributed by atoms with van der Waals surface area (Å²) in [6.07, 6.45) is 1.45. The molecule has 0 radical (unpaired) electrons. The fourth-order valence-electron chi connectivity index (χ4n) is 2.53. The van der Waals surface area contributed by atoms with Crippen molar-refractivity contribution in [1.82, 2.24) is 4.31 Å². The first-order chi connectivity index (χ1) is 9.95. The Labute approximate surface area is 130 Å². The molecule has 1 aliphatic rings. The number of carbonyl (C=O) groups excluding carboxylic acids is 1. The van der Waals surface area contributed by atoms with E-state index in [4.69, 9.17) is 17.3 Å². The topological polar surface area (TPSA) is 80.5 Å². The van der Waals surface area contributed by atoms with E-state index in [1.165, 1.54) is 4.31 Å². The summed E-state index contributed by atoms with van der Waals surface area (Å²) >= 11 is 5.58. The number of alkyl halides is 1. The maximum atomic E-state index is 12.5. The molecule has 0 fully saturated rings. The minimum absolute atomic E-state index is 0.00827. The number of primary amides is 1. The molecule has 1 amide bonds. The van der Waals surface area contributed by atoms with Gasteiger partial charge in [0, 0.05) is 12.4 Å². The molecule has 5 nitrogen and oxygen atoms in total. The zero-order valence-corrected chi connectivity index (χ0v) is 13.2. The number of amides is 1. The number of fused-ring (bicyclic) bond motifs is 1. The summed E-state index contributed by atoms with van der Waals surface area (Å²) in [5, 5.41) is 0. The van der Waals surface area contributed by atoms with Gasteiger partial charge < -0.3 is 5.73 Å². The number of nitrogens with two attached hydrogens (primary N) is 1. The molecule has 116 valence electrons. The molecule has 2 N–H and O–H groups in total. The van der Waals surface area contributed by atoms with E-state index in [-0.39, 0.29) is 12.3 Å². The normalized spacial score (nSPS) is 19.2. The van der Waals surface area contributed by atoms with E-state index in [0.717, 1.165) is 11.1 Å². The van der Waals surface area contributed by atoms with E-state index in [1.807, 2.05) is 24.3 Å². The highest BCUT2D eigenvalue weighted by Crippen LogP contribution is 2.26. The van der Waals surface area contributed by atoms with Gasteiger partial charge in [-0.2, -0.15) is 4.31 Å². The zero-order valence-electron chi connectivity index (χ0n) is 11.7. The fourth-order valence-corrected chi connectivity index (χ4v) is 4.42. The van der Waals surface area contributed by atoms with Gasteiger partial charge in [-0.05, 0) is 30.4 Å². The number of carbonyl (C=O) groups is 1. The molecular weight excluding hydrogens is 312 g/mol. The van der Waals surface area contributed by atoms with Crippen LogP contribution in [0.4, 0.5) is 0 Å². The van der Waals surface area contributed by atoms with E-state index >= 15 is 0 Å². The first kappa shape index (κ1) is 16.3. The van der Waals surface area contributed by atoms with Crippen LogP contribution in [0.25, 0.3) is 0 Å². The zero-order chi connectivity index (χ0) is 15.5. The SMILES string of the molecule is NC(=O)[C@@H]1Cc2ccccc2CN1S(=O)(=O)CCCCCl. The predicted octanol–water partition coefficient (Wildman–Crippen LogP) is 1.25. The van der Waals surface area contributed by atoms with Gasteiger partial charge in [0.1, 0.15) is 6.04 Å². The summed E-state index contributed by atoms with van der Waals surface area (Å²) in [5.41, 5.74) is 7.31. The van der Waals surface area contributed by atoms with Crippen LogP contribution in [-0.2, 0) is 27.8 Å². The van der Waals surface area contributed by atoms with Crippen LogP contribution in [0.2, 0.25) is 0 Å². The summed E-state index contributed by atoms with van der Waals surface area (Å²) in [6.45, 7) is 0.201. The van der Waals surface area contributed by atoms with Crippen LogP contribution in [0.15, 0.2) is 24.3 Å². The first-order valence-electron chi connectivity index (χ1n) is 6.87. The van der Waals surface area contributed by atoms with Crippen molar-refractivity contribution in [2.75, 3.05) is 11.6 Å². The van der Waals surface area contributed by atoms with Gasteiger partial charge in [-0.25, -0.2) is 8.42 Å². The lowest BCUT2D eigenvalue weighted by molar-refractivity contribution is -0.122. The highest BCUT2D eigenvalue weighted by atomic mass is 35.5. The Hall–Kier alpha value is -1.11. The lowest BCUT2D eigenvalue weighted by Crippen LogP contribution is -2.51. The number of rotatable bonds is 6. The van der Waals surface area contributed by atoms with E-state index in [9.17, 15) is 13.2 Å². The second-order valence-corrected chi connectivity index (χ2v) is 7.57. The molecule has 7 heteroatoms. The molecule has 0 unspecified atom stereocenters. The molecule has 1 atom stereocenters. The second kappa shape index (κ2) is 6.77. The van der Waals surface area contributed by atoms with E-state index in [1.54, 1.807) is 0 Å². The Bertz CT molecular complexity index is 618. The number of benzene rings is 1. The van der Waals surface area contributed by atoms with Gasteiger partial charge in [-0.1, -0.05) is 24.3 Å². The molecule has 0 saturated carbocycles. The number of hydrogen-bond acceptors (Lipinski definition) is 3. The van der Waals surface area contributed by atoms with Crippen LogP contribution < -0.4 is 5.73 Å². The minimum Gasteiger partial charge on any atom is -0.368 e. The third-order valence-corrected chi connectivity index (χ3v) is 5.85. The first-order valence-corrected chi connectivity index (χ1v) is 9.01. The number of nitrogens with zero attached hydrogens (tertiary/aromatic N) is 1. The molecule has 0 saturated heterocycles. The van der Waals surface area contributed by atoms with Crippen molar-refractivity contribution in [3.05, 3.63) is 35.4 Å². The van der Waals surface area contributed by atoms with Crippen molar-refractivity contribution in [3.63, 3.8) is 0 Å². The summed E-state index contributed by atoms with van der Waals surface area (Å²) in [4.78, 5) is 11.6. The Morgan fingerprint density at radius 3 is 2.57 bits per heavy atom. The van der Waals surface area contributed by atoms with Crippen LogP contribution >= 0.6 is 11.6 Å². The van der Waals surface area contributed by atoms with Crippen molar-refractivity contribution in [2.45, 2.75) is 31.8 Å². The average Bonchev–Trinajstić information content (AvgIpc) is 2.46. The maximum absolute atomic E-state index is 12.5. The Kier molecular flexibility index (Phi) is 5.24. The van der Waals surface area contributed by atoms with Gasteiger partial charge in [0.2, 0.25) is 15.9 Å². The van der Waals surface area contributed by atoms with Crippen LogP contribution in [-0.4, -0.2) is 36.3 Å². The summed E-state index contributed by atoms with van der Waals surface area (Å²) < 4.78 is 26.2. The van der Waals surface area contributed by atoms with Crippen molar-refractivity contribution in [1.29, 1.82) is 0 Å². The van der Waals surface area contributed by atoms with E-state index in [2.05, 4.69) is 0 Å². The largest absolute Gasteiger partial charge is 0.368 e. The van der Waals surface area contributed by atoms with Gasteiger partial charge in [0.25, 0.3) is 0 Å². The number of halogens is 1. The quantitative estimate of drug-likeness (QED) is 0.629. The summed E-state index contributed by atoms with van der Waals surface area (Å²) in [5.74, 6) is -0.186. The van der Waals surface area contributed by atoms with Gasteiger partial charge in [0.05, 0.1) is 5.75 Å². The van der Waals surface area contributed by atoms with Crippen molar-refractivity contribution in [3.8, 4) is 0 Å². The molecule has 1 aromatic rings. The maximum Gasteiger partial charge on any atom is 0.236 e. The number of sulfonamides is 1. The molecule has 0 spiro atoms. The Balaban J connectivity index is 2.26. The van der Waals surface area contributed by atoms with Crippen LogP contribution in [0.3, 0.4) is 0 Å². The minimum atomic E-state index is -3.52. The summed E-state index contributed by atoms with van der Waals surface area (Å²) in [6, 6.07) is 6.72. The highest BCUT2D eigenvalue weighted by Gasteiger charge is 2.37. The number of unbranched alkanes of at least 4 members (excludes halogenated alkanes) is 1. The predicted molar refractivity (Wildman–Crippen MR) is 82.4 cm³/mol. The monoisotopic (exact) mass is 330 g/mol. The van der Waals surface area contributed by atoms with E-state index in [0.29, 0.717) is 25.1 Å². The lowest BCUT2D eigenvalue weighted by Gasteiger charge is -2.34. The van der Waals surface area contributed by atoms with Crippen molar-refractivity contribution < 1.29 is 13.2 Å². The van der Waals surface area contributed by atoms with Crippen LogP contribution in [0, 0.1) is 0 Å². The van der Waals surface area contributed by atoms with Crippen molar-refractivity contribution >= 4 is 27.5 Å². The lowest BCUT2D eigenvalue weighted by atomic mass is 9.96. The molecule has 1 heterocycles. The molecule has 21 heavy (non-hydrogen) atoms.